The number of hydrogen-bond donors (Lipinski definition) is 1. The Hall–Kier alpha value is -3.34. The van der Waals surface area contributed by atoms with Gasteiger partial charge >= 0.3 is 0 Å². The summed E-state index contributed by atoms with van der Waals surface area (Å²) < 4.78 is 25.1. The first-order valence-corrected chi connectivity index (χ1v) is 14.7. The van der Waals surface area contributed by atoms with Crippen molar-refractivity contribution in [2.75, 3.05) is 11.9 Å². The molecule has 0 bridgehead atoms. The molecule has 5 nitrogen and oxygen atoms in total. The van der Waals surface area contributed by atoms with Gasteiger partial charge < -0.3 is 19.5 Å². The predicted octanol–water partition coefficient (Wildman–Crippen LogP) is 9.01. The van der Waals surface area contributed by atoms with Crippen molar-refractivity contribution in [3.63, 3.8) is 0 Å². The number of benzene rings is 3. The third-order valence-corrected chi connectivity index (χ3v) is 9.07. The molecule has 1 radical (unpaired) electrons. The van der Waals surface area contributed by atoms with Gasteiger partial charge in [-0.15, -0.1) is 35.9 Å². The van der Waals surface area contributed by atoms with Crippen LogP contribution in [0.3, 0.4) is 0 Å². The van der Waals surface area contributed by atoms with Gasteiger partial charge in [-0.1, -0.05) is 85.7 Å². The van der Waals surface area contributed by atoms with Crippen LogP contribution in [0.4, 0.5) is 5.69 Å². The van der Waals surface area contributed by atoms with E-state index >= 15 is 0 Å². The normalized spacial score (nSPS) is 17.5. The summed E-state index contributed by atoms with van der Waals surface area (Å²) in [5.41, 5.74) is 7.02. The van der Waals surface area contributed by atoms with Crippen LogP contribution in [0.5, 0.6) is 5.75 Å². The molecule has 0 unspecified atom stereocenters. The van der Waals surface area contributed by atoms with E-state index in [-0.39, 0.29) is 36.7 Å². The van der Waals surface area contributed by atoms with E-state index in [1.807, 2.05) is 41.4 Å². The van der Waals surface area contributed by atoms with Crippen molar-refractivity contribution in [1.29, 1.82) is 0 Å². The van der Waals surface area contributed by atoms with Gasteiger partial charge in [-0.25, -0.2) is 0 Å². The number of aromatic nitrogens is 2. The first-order valence-electron chi connectivity index (χ1n) is 16.2. The number of para-hydroxylation sites is 2. The SMILES string of the molecule is CC(C)c1cccc(C(C)C)c1-n1ccnc1-c1[c-]cccc1.[2H]C([2H])([2H])N1C=C2N([CH-]1)c1c(O)cccc1C(C)(C)C2(C)C.[Ir]. The van der Waals surface area contributed by atoms with Gasteiger partial charge in [-0.2, -0.15) is 6.67 Å². The number of anilines is 1. The van der Waals surface area contributed by atoms with Crippen molar-refractivity contribution in [1.82, 2.24) is 14.5 Å². The van der Waals surface area contributed by atoms with Crippen LogP contribution in [-0.2, 0) is 25.5 Å². The summed E-state index contributed by atoms with van der Waals surface area (Å²) in [7, 11) is 0. The topological polar surface area (TPSA) is 44.5 Å². The minimum absolute atomic E-state index is 0. The molecule has 1 aromatic heterocycles. The number of aromatic hydroxyl groups is 1. The van der Waals surface area contributed by atoms with Crippen LogP contribution in [0.1, 0.15) is 88.0 Å². The van der Waals surface area contributed by atoms with E-state index in [1.54, 1.807) is 18.9 Å². The van der Waals surface area contributed by atoms with E-state index in [0.29, 0.717) is 17.5 Å². The van der Waals surface area contributed by atoms with E-state index in [9.17, 15) is 5.11 Å². The van der Waals surface area contributed by atoms with Crippen LogP contribution >= 0.6 is 0 Å². The molecule has 0 fully saturated rings. The second kappa shape index (κ2) is 12.3. The van der Waals surface area contributed by atoms with Gasteiger partial charge in [0.1, 0.15) is 5.75 Å². The Kier molecular flexibility index (Phi) is 8.16. The third-order valence-electron chi connectivity index (χ3n) is 9.07. The standard InChI is InChI=1S/C21H23N2.C16H21N2O.Ir/c1-15(2)18-11-8-12-19(16(3)4)20(18)23-14-13-22-21(23)17-9-6-5-7-10-17;1-15(2)11-7-6-8-12(19)14(11)18-10-17(5)9-13(18)16(15,3)4;/h5-9,11-16H,1-4H3;6-10,19H,1-5H3;/q2*-1;/i;5D3;. The summed E-state index contributed by atoms with van der Waals surface area (Å²) in [6, 6.07) is 23.4. The first kappa shape index (κ1) is 28.4. The van der Waals surface area contributed by atoms with E-state index in [1.165, 1.54) is 21.7 Å². The van der Waals surface area contributed by atoms with Crippen molar-refractivity contribution >= 4 is 5.69 Å². The van der Waals surface area contributed by atoms with Gasteiger partial charge in [-0.05, 0) is 47.8 Å². The van der Waals surface area contributed by atoms with Crippen molar-refractivity contribution in [3.8, 4) is 22.8 Å². The predicted molar refractivity (Wildman–Crippen MR) is 174 cm³/mol. The number of nitrogens with zero attached hydrogens (tertiary/aromatic N) is 4. The number of phenols is 1. The quantitative estimate of drug-likeness (QED) is 0.211. The van der Waals surface area contributed by atoms with Crippen LogP contribution in [-0.4, -0.2) is 26.5 Å². The first-order chi connectivity index (χ1) is 21.1. The fraction of sp³-hybridized carbons (Fsp3) is 0.351. The summed E-state index contributed by atoms with van der Waals surface area (Å²) >= 11 is 0. The maximum absolute atomic E-state index is 10.3. The average Bonchev–Trinajstić information content (AvgIpc) is 3.65. The van der Waals surface area contributed by atoms with Gasteiger partial charge in [0, 0.05) is 58.8 Å². The summed E-state index contributed by atoms with van der Waals surface area (Å²) in [4.78, 5) is 7.64. The van der Waals surface area contributed by atoms with Crippen molar-refractivity contribution in [3.05, 3.63) is 114 Å². The maximum atomic E-state index is 10.3. The van der Waals surface area contributed by atoms with Crippen molar-refractivity contribution < 1.29 is 29.3 Å². The number of rotatable bonds is 4. The molecule has 43 heavy (non-hydrogen) atoms. The fourth-order valence-corrected chi connectivity index (χ4v) is 6.01. The van der Waals surface area contributed by atoms with E-state index in [0.717, 1.165) is 22.6 Å². The van der Waals surface area contributed by atoms with E-state index in [2.05, 4.69) is 101 Å². The van der Waals surface area contributed by atoms with E-state index in [4.69, 9.17) is 4.11 Å². The zero-order valence-electron chi connectivity index (χ0n) is 29.3. The Morgan fingerprint density at radius 3 is 2.16 bits per heavy atom. The number of hydrogen-bond acceptors (Lipinski definition) is 4. The molecule has 2 aliphatic rings. The molecule has 0 spiro atoms. The molecular formula is C37H44IrN4O-2. The molecule has 1 N–H and O–H groups in total. The number of fused-ring (bicyclic) bond motifs is 3. The molecule has 4 aromatic rings. The molecular weight excluding hydrogens is 709 g/mol. The van der Waals surface area contributed by atoms with Crippen molar-refractivity contribution in [2.45, 2.75) is 72.6 Å². The fourth-order valence-electron chi connectivity index (χ4n) is 6.01. The van der Waals surface area contributed by atoms with Crippen LogP contribution in [0.15, 0.2) is 85.0 Å². The monoisotopic (exact) mass is 756 g/mol. The van der Waals surface area contributed by atoms with Gasteiger partial charge in [0.05, 0.1) is 11.5 Å². The maximum Gasteiger partial charge on any atom is 0.137 e. The largest absolute Gasteiger partial charge is 0.510 e. The second-order valence-electron chi connectivity index (χ2n) is 12.8. The number of allylic oxidation sites excluding steroid dienone is 1. The molecule has 0 atom stereocenters. The van der Waals surface area contributed by atoms with Gasteiger partial charge in [0.15, 0.2) is 0 Å². The van der Waals surface area contributed by atoms with Gasteiger partial charge in [0.25, 0.3) is 0 Å². The number of phenolic OH excluding ortho intramolecular Hbond substituents is 1. The zero-order chi connectivity index (χ0) is 32.9. The smallest absolute Gasteiger partial charge is 0.137 e. The molecule has 6 rings (SSSR count). The Labute approximate surface area is 275 Å². The molecule has 3 heterocycles. The molecule has 0 saturated carbocycles. The molecule has 0 aliphatic carbocycles. The molecule has 2 aliphatic heterocycles. The minimum atomic E-state index is -2.24. The third kappa shape index (κ3) is 5.68. The Morgan fingerprint density at radius 1 is 0.884 bits per heavy atom. The molecule has 6 heteroatoms. The summed E-state index contributed by atoms with van der Waals surface area (Å²) in [5, 5.41) is 10.3. The minimum Gasteiger partial charge on any atom is -0.510 e. The molecule has 229 valence electrons. The van der Waals surface area contributed by atoms with Gasteiger partial charge in [0.2, 0.25) is 0 Å². The molecule has 3 aromatic carbocycles. The molecule has 0 saturated heterocycles. The number of imidazole rings is 1. The molecule has 0 amide bonds. The zero-order valence-corrected chi connectivity index (χ0v) is 28.7. The Bertz CT molecular complexity index is 1680. The van der Waals surface area contributed by atoms with Crippen LogP contribution in [0.2, 0.25) is 0 Å². The summed E-state index contributed by atoms with van der Waals surface area (Å²) in [6.07, 6.45) is 5.60. The summed E-state index contributed by atoms with van der Waals surface area (Å²) in [6.45, 7) is 16.8. The van der Waals surface area contributed by atoms with Gasteiger partial charge in [-0.3, -0.25) is 4.98 Å². The van der Waals surface area contributed by atoms with Crippen LogP contribution < -0.4 is 4.90 Å². The van der Waals surface area contributed by atoms with E-state index < -0.39 is 6.98 Å². The summed E-state index contributed by atoms with van der Waals surface area (Å²) in [5.74, 6) is 2.02. The Balaban J connectivity index is 0.000000205. The van der Waals surface area contributed by atoms with Crippen LogP contribution in [0.25, 0.3) is 17.1 Å². The average molecular weight is 756 g/mol. The Morgan fingerprint density at radius 2 is 1.56 bits per heavy atom. The van der Waals surface area contributed by atoms with Crippen LogP contribution in [0, 0.1) is 18.2 Å². The van der Waals surface area contributed by atoms with Crippen molar-refractivity contribution in [2.24, 2.45) is 5.41 Å². The second-order valence-corrected chi connectivity index (χ2v) is 12.8.